The number of nitrogens with one attached hydrogen (secondary N) is 5. The third kappa shape index (κ3) is 14.6. The molecule has 18 nitrogen and oxygen atoms in total. The molecule has 5 N–H and O–H groups in total. The lowest BCUT2D eigenvalue weighted by molar-refractivity contribution is -0.385. The lowest BCUT2D eigenvalue weighted by Crippen LogP contribution is -2.33. The van der Waals surface area contributed by atoms with Crippen LogP contribution in [0.25, 0.3) is 0 Å². The predicted octanol–water partition coefficient (Wildman–Crippen LogP) is 5.97. The second kappa shape index (κ2) is 21.6. The first-order valence-corrected chi connectivity index (χ1v) is 16.4. The van der Waals surface area contributed by atoms with Gasteiger partial charge in [-0.1, -0.05) is 6.92 Å². The fourth-order valence-corrected chi connectivity index (χ4v) is 4.66. The molecule has 276 valence electrons. The van der Waals surface area contributed by atoms with Crippen molar-refractivity contribution in [3.05, 3.63) is 138 Å². The van der Waals surface area contributed by atoms with E-state index in [-0.39, 0.29) is 22.7 Å². The number of non-ortho nitro benzene ring substituents is 4. The van der Waals surface area contributed by atoms with E-state index in [1.807, 2.05) is 0 Å². The highest BCUT2D eigenvalue weighted by Crippen LogP contribution is 2.18. The van der Waals surface area contributed by atoms with Crippen LogP contribution in [-0.4, -0.2) is 83.5 Å². The van der Waals surface area contributed by atoms with Crippen molar-refractivity contribution in [2.75, 3.05) is 80.2 Å². The Labute approximate surface area is 299 Å². The third-order valence-electron chi connectivity index (χ3n) is 7.54. The number of nitrogens with zero attached hydrogens (tertiary/aromatic N) is 5. The van der Waals surface area contributed by atoms with Gasteiger partial charge in [0, 0.05) is 124 Å². The van der Waals surface area contributed by atoms with E-state index >= 15 is 0 Å². The molecule has 0 fully saturated rings. The van der Waals surface area contributed by atoms with Gasteiger partial charge in [0.1, 0.15) is 0 Å². The lowest BCUT2D eigenvalue weighted by atomic mass is 10.3. The fraction of sp³-hybridized carbons (Fsp3) is 0.294. The van der Waals surface area contributed by atoms with Crippen LogP contribution in [0, 0.1) is 40.5 Å². The number of nitro benzene ring substituents is 4. The molecule has 0 spiro atoms. The summed E-state index contributed by atoms with van der Waals surface area (Å²) in [5.74, 6) is 0. The summed E-state index contributed by atoms with van der Waals surface area (Å²) < 4.78 is 0. The van der Waals surface area contributed by atoms with E-state index in [0.29, 0.717) is 13.1 Å². The highest BCUT2D eigenvalue weighted by atomic mass is 16.6. The van der Waals surface area contributed by atoms with Crippen LogP contribution in [0.4, 0.5) is 45.5 Å². The van der Waals surface area contributed by atoms with E-state index in [4.69, 9.17) is 0 Å². The van der Waals surface area contributed by atoms with E-state index in [1.54, 1.807) is 48.5 Å². The maximum absolute atomic E-state index is 10.6. The zero-order valence-electron chi connectivity index (χ0n) is 28.6. The zero-order chi connectivity index (χ0) is 37.7. The molecule has 0 aliphatic carbocycles. The molecule has 0 aliphatic heterocycles. The number of nitro groups is 4. The van der Waals surface area contributed by atoms with Gasteiger partial charge in [-0.2, -0.15) is 0 Å². The second-order valence-electron chi connectivity index (χ2n) is 11.1. The van der Waals surface area contributed by atoms with Gasteiger partial charge < -0.3 is 31.5 Å². The monoisotopic (exact) mass is 718 g/mol. The number of anilines is 4. The summed E-state index contributed by atoms with van der Waals surface area (Å²) in [6, 6.07) is 25.3. The maximum atomic E-state index is 10.6. The summed E-state index contributed by atoms with van der Waals surface area (Å²) in [5.41, 5.74) is 3.65. The van der Waals surface area contributed by atoms with E-state index in [1.165, 1.54) is 48.5 Å². The Morgan fingerprint density at radius 3 is 0.904 bits per heavy atom. The van der Waals surface area contributed by atoms with Crippen molar-refractivity contribution in [2.24, 2.45) is 0 Å². The number of hydrogen-bond donors (Lipinski definition) is 5. The Bertz CT molecular complexity index is 1580. The van der Waals surface area contributed by atoms with Gasteiger partial charge in [0.25, 0.3) is 22.7 Å². The van der Waals surface area contributed by atoms with Crippen LogP contribution in [0.5, 0.6) is 0 Å². The molecule has 0 unspecified atom stereocenters. The SMILES string of the molecule is CCN(CCNc1ccc([N+](=O)[O-])cc1)CCNc1ccc([N+](=O)[O-])cc1.O=[N+]([O-])c1ccc(NCCNCCNc2ccc([N+](=O)[O-])cc2)cc1. The Kier molecular flexibility index (Phi) is 16.7. The minimum absolute atomic E-state index is 0.0704. The minimum atomic E-state index is -0.427. The Morgan fingerprint density at radius 2 is 0.673 bits per heavy atom. The van der Waals surface area contributed by atoms with E-state index in [2.05, 4.69) is 38.4 Å². The topological polar surface area (TPSA) is 236 Å². The van der Waals surface area contributed by atoms with Crippen LogP contribution in [0.3, 0.4) is 0 Å². The zero-order valence-corrected chi connectivity index (χ0v) is 28.6. The third-order valence-corrected chi connectivity index (χ3v) is 7.54. The average molecular weight is 719 g/mol. The van der Waals surface area contributed by atoms with Gasteiger partial charge in [0.2, 0.25) is 0 Å². The van der Waals surface area contributed by atoms with E-state index in [0.717, 1.165) is 68.6 Å². The maximum Gasteiger partial charge on any atom is 0.269 e. The van der Waals surface area contributed by atoms with Crippen LogP contribution in [0.2, 0.25) is 0 Å². The van der Waals surface area contributed by atoms with Crippen molar-refractivity contribution in [3.63, 3.8) is 0 Å². The molecule has 0 bridgehead atoms. The smallest absolute Gasteiger partial charge is 0.269 e. The summed E-state index contributed by atoms with van der Waals surface area (Å²) in [6.07, 6.45) is 0. The lowest BCUT2D eigenvalue weighted by Gasteiger charge is -2.21. The van der Waals surface area contributed by atoms with E-state index < -0.39 is 19.7 Å². The summed E-state index contributed by atoms with van der Waals surface area (Å²) in [5, 5.41) is 58.5. The van der Waals surface area contributed by atoms with Crippen LogP contribution in [-0.2, 0) is 0 Å². The molecule has 0 aliphatic rings. The van der Waals surface area contributed by atoms with Gasteiger partial charge in [-0.25, -0.2) is 0 Å². The van der Waals surface area contributed by atoms with Crippen molar-refractivity contribution in [1.29, 1.82) is 0 Å². The molecule has 4 aromatic rings. The summed E-state index contributed by atoms with van der Waals surface area (Å²) in [4.78, 5) is 43.0. The molecule has 4 rings (SSSR count). The molecule has 18 heteroatoms. The molecule has 52 heavy (non-hydrogen) atoms. The number of rotatable bonds is 21. The van der Waals surface area contributed by atoms with Crippen LogP contribution in [0.1, 0.15) is 6.92 Å². The quantitative estimate of drug-likeness (QED) is 0.0379. The number of hydrogen-bond acceptors (Lipinski definition) is 14. The van der Waals surface area contributed by atoms with Gasteiger partial charge in [-0.3, -0.25) is 40.5 Å². The molecule has 0 saturated carbocycles. The summed E-state index contributed by atoms with van der Waals surface area (Å²) >= 11 is 0. The standard InChI is InChI=1S/C18H23N5O4.C16H19N5O4/c1-2-21(13-11-19-15-3-7-17(8-4-15)22(24)25)14-12-20-16-5-9-18(10-6-16)23(26)27;22-20(23)15-5-1-13(2-6-15)18-11-9-17-10-12-19-14-3-7-16(8-4-14)21(24)25/h3-10,19-20H,2,11-14H2,1H3;1-8,17-19H,9-12H2. The second-order valence-corrected chi connectivity index (χ2v) is 11.1. The summed E-state index contributed by atoms with van der Waals surface area (Å²) in [7, 11) is 0. The summed E-state index contributed by atoms with van der Waals surface area (Å²) in [6.45, 7) is 8.93. The molecular weight excluding hydrogens is 676 g/mol. The van der Waals surface area contributed by atoms with Gasteiger partial charge in [-0.05, 0) is 55.1 Å². The highest BCUT2D eigenvalue weighted by Gasteiger charge is 2.07. The van der Waals surface area contributed by atoms with Gasteiger partial charge in [-0.15, -0.1) is 0 Å². The van der Waals surface area contributed by atoms with Crippen molar-refractivity contribution in [2.45, 2.75) is 6.92 Å². The molecule has 0 radical (unpaired) electrons. The first kappa shape index (κ1) is 40.0. The van der Waals surface area contributed by atoms with Gasteiger partial charge >= 0.3 is 0 Å². The number of benzene rings is 4. The van der Waals surface area contributed by atoms with Crippen molar-refractivity contribution in [3.8, 4) is 0 Å². The first-order valence-electron chi connectivity index (χ1n) is 16.4. The molecule has 0 amide bonds. The largest absolute Gasteiger partial charge is 0.384 e. The molecule has 0 aromatic heterocycles. The van der Waals surface area contributed by atoms with E-state index in [9.17, 15) is 40.5 Å². The van der Waals surface area contributed by atoms with Gasteiger partial charge in [0.05, 0.1) is 19.7 Å². The normalized spacial score (nSPS) is 10.4. The van der Waals surface area contributed by atoms with Crippen LogP contribution >= 0.6 is 0 Å². The van der Waals surface area contributed by atoms with Crippen molar-refractivity contribution >= 4 is 45.5 Å². The van der Waals surface area contributed by atoms with Gasteiger partial charge in [0.15, 0.2) is 0 Å². The molecular formula is C34H42N10O8. The molecule has 0 heterocycles. The minimum Gasteiger partial charge on any atom is -0.384 e. The van der Waals surface area contributed by atoms with Crippen LogP contribution in [0.15, 0.2) is 97.1 Å². The Balaban J connectivity index is 0.000000281. The number of likely N-dealkylation sites (N-methyl/N-ethyl adjacent to an activating group) is 1. The van der Waals surface area contributed by atoms with Crippen molar-refractivity contribution in [1.82, 2.24) is 10.2 Å². The molecule has 0 atom stereocenters. The fourth-order valence-electron chi connectivity index (χ4n) is 4.66. The highest BCUT2D eigenvalue weighted by molar-refractivity contribution is 5.50. The Morgan fingerprint density at radius 1 is 0.423 bits per heavy atom. The molecule has 4 aromatic carbocycles. The first-order chi connectivity index (χ1) is 25.0. The average Bonchev–Trinajstić information content (AvgIpc) is 3.14. The Hall–Kier alpha value is -6.40. The molecule has 0 saturated heterocycles. The van der Waals surface area contributed by atoms with Crippen LogP contribution < -0.4 is 26.6 Å². The predicted molar refractivity (Wildman–Crippen MR) is 201 cm³/mol. The van der Waals surface area contributed by atoms with Crippen molar-refractivity contribution < 1.29 is 19.7 Å².